The van der Waals surface area contributed by atoms with Crippen molar-refractivity contribution in [1.82, 2.24) is 4.98 Å². The number of nitro groups is 1. The van der Waals surface area contributed by atoms with Crippen LogP contribution in [0.4, 0.5) is 5.69 Å². The quantitative estimate of drug-likeness (QED) is 0.691. The molecule has 1 N–H and O–H groups in total. The summed E-state index contributed by atoms with van der Waals surface area (Å²) >= 11 is 5.82. The Kier molecular flexibility index (Phi) is 4.16. The molecule has 2 rings (SSSR count). The van der Waals surface area contributed by atoms with E-state index >= 15 is 0 Å². The average Bonchev–Trinajstić information content (AvgIpc) is 2.40. The summed E-state index contributed by atoms with van der Waals surface area (Å²) in [6.07, 6.45) is 1.44. The lowest BCUT2D eigenvalue weighted by molar-refractivity contribution is -0.385. The molecule has 0 aliphatic rings. The van der Waals surface area contributed by atoms with Crippen LogP contribution in [0.25, 0.3) is 0 Å². The molecule has 0 saturated heterocycles. The summed E-state index contributed by atoms with van der Waals surface area (Å²) in [6.45, 7) is 1.60. The molecule has 0 aliphatic heterocycles. The van der Waals surface area contributed by atoms with E-state index in [9.17, 15) is 10.1 Å². The highest BCUT2D eigenvalue weighted by Crippen LogP contribution is 2.34. The number of hydrogen-bond acceptors (Lipinski definition) is 5. The van der Waals surface area contributed by atoms with Gasteiger partial charge in [0.25, 0.3) is 0 Å². The van der Waals surface area contributed by atoms with Gasteiger partial charge in [-0.25, -0.2) is 4.98 Å². The summed E-state index contributed by atoms with van der Waals surface area (Å²) in [5, 5.41) is 20.3. The van der Waals surface area contributed by atoms with E-state index in [0.717, 1.165) is 0 Å². The second kappa shape index (κ2) is 5.85. The number of halogens is 1. The molecule has 1 heterocycles. The van der Waals surface area contributed by atoms with Gasteiger partial charge in [-0.05, 0) is 24.6 Å². The fourth-order valence-corrected chi connectivity index (χ4v) is 1.80. The highest BCUT2D eigenvalue weighted by atomic mass is 35.5. The summed E-state index contributed by atoms with van der Waals surface area (Å²) in [4.78, 5) is 14.4. The molecule has 0 unspecified atom stereocenters. The first kappa shape index (κ1) is 14.2. The summed E-state index contributed by atoms with van der Waals surface area (Å²) in [5.74, 6) is 0.252. The Labute approximate surface area is 119 Å². The van der Waals surface area contributed by atoms with Crippen molar-refractivity contribution in [3.63, 3.8) is 0 Å². The molecule has 1 aromatic heterocycles. The van der Waals surface area contributed by atoms with Crippen molar-refractivity contribution >= 4 is 17.3 Å². The monoisotopic (exact) mass is 294 g/mol. The van der Waals surface area contributed by atoms with Crippen molar-refractivity contribution < 1.29 is 14.8 Å². The van der Waals surface area contributed by atoms with E-state index in [1.807, 2.05) is 0 Å². The van der Waals surface area contributed by atoms with Crippen molar-refractivity contribution in [2.75, 3.05) is 0 Å². The molecule has 7 heteroatoms. The van der Waals surface area contributed by atoms with E-state index in [1.54, 1.807) is 13.0 Å². The van der Waals surface area contributed by atoms with Crippen LogP contribution in [0.15, 0.2) is 30.5 Å². The van der Waals surface area contributed by atoms with E-state index in [0.29, 0.717) is 16.1 Å². The molecule has 0 fully saturated rings. The van der Waals surface area contributed by atoms with E-state index in [4.69, 9.17) is 21.4 Å². The number of hydrogen-bond donors (Lipinski definition) is 1. The number of aliphatic hydroxyl groups is 1. The SMILES string of the molecule is Cc1cc(CO)cnc1Oc1cc(Cl)ccc1[N+](=O)[O-]. The predicted octanol–water partition coefficient (Wildman–Crippen LogP) is 3.24. The summed E-state index contributed by atoms with van der Waals surface area (Å²) < 4.78 is 5.46. The molecular formula is C13H11ClN2O4. The maximum atomic E-state index is 10.9. The molecule has 0 bridgehead atoms. The number of ether oxygens (including phenoxy) is 1. The van der Waals surface area contributed by atoms with Crippen LogP contribution in [0.2, 0.25) is 5.02 Å². The largest absolute Gasteiger partial charge is 0.431 e. The number of pyridine rings is 1. The molecule has 0 atom stereocenters. The van der Waals surface area contributed by atoms with Gasteiger partial charge < -0.3 is 9.84 Å². The molecule has 0 amide bonds. The van der Waals surface area contributed by atoms with Crippen LogP contribution in [0.5, 0.6) is 11.6 Å². The van der Waals surface area contributed by atoms with Crippen molar-refractivity contribution in [2.45, 2.75) is 13.5 Å². The average molecular weight is 295 g/mol. The lowest BCUT2D eigenvalue weighted by Crippen LogP contribution is -1.97. The Hall–Kier alpha value is -2.18. The maximum Gasteiger partial charge on any atom is 0.311 e. The first-order valence-electron chi connectivity index (χ1n) is 5.69. The van der Waals surface area contributed by atoms with Crippen LogP contribution < -0.4 is 4.74 Å². The number of rotatable bonds is 4. The number of aromatic nitrogens is 1. The lowest BCUT2D eigenvalue weighted by Gasteiger charge is -2.09. The van der Waals surface area contributed by atoms with Gasteiger partial charge in [-0.2, -0.15) is 0 Å². The Bertz CT molecular complexity index is 661. The van der Waals surface area contributed by atoms with Gasteiger partial charge in [0, 0.05) is 28.9 Å². The molecule has 20 heavy (non-hydrogen) atoms. The van der Waals surface area contributed by atoms with Crippen molar-refractivity contribution in [3.05, 3.63) is 56.7 Å². The third-order valence-electron chi connectivity index (χ3n) is 2.59. The standard InChI is InChI=1S/C13H11ClN2O4/c1-8-4-9(7-17)6-15-13(8)20-12-5-10(14)2-3-11(12)16(18)19/h2-6,17H,7H2,1H3. The van der Waals surface area contributed by atoms with Gasteiger partial charge in [0.1, 0.15) is 0 Å². The van der Waals surface area contributed by atoms with Crippen LogP contribution in [-0.4, -0.2) is 15.0 Å². The number of aryl methyl sites for hydroxylation is 1. The lowest BCUT2D eigenvalue weighted by atomic mass is 10.2. The maximum absolute atomic E-state index is 10.9. The van der Waals surface area contributed by atoms with Crippen molar-refractivity contribution in [1.29, 1.82) is 0 Å². The van der Waals surface area contributed by atoms with Crippen LogP contribution in [0.1, 0.15) is 11.1 Å². The summed E-state index contributed by atoms with van der Waals surface area (Å²) in [6, 6.07) is 5.75. The zero-order valence-electron chi connectivity index (χ0n) is 10.5. The minimum absolute atomic E-state index is 0.0230. The van der Waals surface area contributed by atoms with E-state index in [2.05, 4.69) is 4.98 Å². The number of benzene rings is 1. The molecule has 0 saturated carbocycles. The van der Waals surface area contributed by atoms with Crippen molar-refractivity contribution in [3.8, 4) is 11.6 Å². The molecule has 104 valence electrons. The van der Waals surface area contributed by atoms with Crippen LogP contribution in [-0.2, 0) is 6.61 Å². The minimum atomic E-state index is -0.552. The first-order valence-corrected chi connectivity index (χ1v) is 6.07. The third kappa shape index (κ3) is 3.04. The van der Waals surface area contributed by atoms with Crippen LogP contribution >= 0.6 is 11.6 Å². The van der Waals surface area contributed by atoms with Gasteiger partial charge in [-0.3, -0.25) is 10.1 Å². The van der Waals surface area contributed by atoms with Gasteiger partial charge in [0.2, 0.25) is 11.6 Å². The van der Waals surface area contributed by atoms with Gasteiger partial charge in [-0.1, -0.05) is 11.6 Å². The van der Waals surface area contributed by atoms with Gasteiger partial charge in [0.15, 0.2) is 0 Å². The molecule has 6 nitrogen and oxygen atoms in total. The highest BCUT2D eigenvalue weighted by Gasteiger charge is 2.17. The van der Waals surface area contributed by atoms with Gasteiger partial charge in [-0.15, -0.1) is 0 Å². The molecule has 1 aromatic carbocycles. The predicted molar refractivity (Wildman–Crippen MR) is 73.1 cm³/mol. The topological polar surface area (TPSA) is 85.5 Å². The number of nitrogens with zero attached hydrogens (tertiary/aromatic N) is 2. The van der Waals surface area contributed by atoms with Gasteiger partial charge >= 0.3 is 5.69 Å². The Morgan fingerprint density at radius 2 is 2.20 bits per heavy atom. The minimum Gasteiger partial charge on any atom is -0.431 e. The van der Waals surface area contributed by atoms with E-state index in [-0.39, 0.29) is 23.9 Å². The third-order valence-corrected chi connectivity index (χ3v) is 2.83. The number of nitro benzene ring substituents is 1. The van der Waals surface area contributed by atoms with Crippen LogP contribution in [0, 0.1) is 17.0 Å². The summed E-state index contributed by atoms with van der Waals surface area (Å²) in [5.41, 5.74) is 1.10. The molecule has 2 aromatic rings. The smallest absolute Gasteiger partial charge is 0.311 e. The van der Waals surface area contributed by atoms with Crippen molar-refractivity contribution in [2.24, 2.45) is 0 Å². The Morgan fingerprint density at radius 1 is 1.45 bits per heavy atom. The zero-order valence-corrected chi connectivity index (χ0v) is 11.3. The Morgan fingerprint density at radius 3 is 2.80 bits per heavy atom. The van der Waals surface area contributed by atoms with Crippen LogP contribution in [0.3, 0.4) is 0 Å². The summed E-state index contributed by atoms with van der Waals surface area (Å²) in [7, 11) is 0. The zero-order chi connectivity index (χ0) is 14.7. The number of aliphatic hydroxyl groups excluding tert-OH is 1. The fraction of sp³-hybridized carbons (Fsp3) is 0.154. The normalized spacial score (nSPS) is 10.3. The Balaban J connectivity index is 2.39. The van der Waals surface area contributed by atoms with Gasteiger partial charge in [0.05, 0.1) is 11.5 Å². The first-order chi connectivity index (χ1) is 9.51. The molecule has 0 spiro atoms. The second-order valence-electron chi connectivity index (χ2n) is 4.09. The molecule has 0 radical (unpaired) electrons. The van der Waals surface area contributed by atoms with E-state index < -0.39 is 4.92 Å². The fourth-order valence-electron chi connectivity index (χ4n) is 1.64. The second-order valence-corrected chi connectivity index (χ2v) is 4.53. The molecular weight excluding hydrogens is 284 g/mol. The molecule has 0 aliphatic carbocycles. The van der Waals surface area contributed by atoms with E-state index in [1.165, 1.54) is 24.4 Å². The highest BCUT2D eigenvalue weighted by molar-refractivity contribution is 6.30.